The van der Waals surface area contributed by atoms with Crippen LogP contribution in [-0.2, 0) is 11.8 Å². The first-order valence-corrected chi connectivity index (χ1v) is 11.9. The van der Waals surface area contributed by atoms with E-state index in [9.17, 15) is 14.3 Å². The molecule has 4 rings (SSSR count). The monoisotopic (exact) mass is 525 g/mol. The van der Waals surface area contributed by atoms with E-state index >= 15 is 4.39 Å². The molecule has 0 bridgehead atoms. The number of fused-ring (bicyclic) bond motifs is 1. The van der Waals surface area contributed by atoms with E-state index in [1.54, 1.807) is 13.1 Å². The highest BCUT2D eigenvalue weighted by Crippen LogP contribution is 2.40. The van der Waals surface area contributed by atoms with Crippen LogP contribution in [0.25, 0.3) is 10.9 Å². The number of hydrogen-bond donors (Lipinski definition) is 3. The lowest BCUT2D eigenvalue weighted by molar-refractivity contribution is -0.110. The summed E-state index contributed by atoms with van der Waals surface area (Å²) in [5.74, 6) is -1.86. The summed E-state index contributed by atoms with van der Waals surface area (Å²) in [6.45, 7) is 5.45. The normalized spacial score (nSPS) is 18.2. The van der Waals surface area contributed by atoms with Gasteiger partial charge in [-0.25, -0.2) is 18.8 Å². The fourth-order valence-electron chi connectivity index (χ4n) is 4.65. The van der Waals surface area contributed by atoms with Crippen molar-refractivity contribution < 1.29 is 23.4 Å². The fraction of sp³-hybridized carbons (Fsp3) is 0.308. The minimum atomic E-state index is -0.676. The van der Waals surface area contributed by atoms with Crippen LogP contribution >= 0.6 is 0 Å². The number of carbonyl (C=O) groups excluding carboxylic acids is 1. The third kappa shape index (κ3) is 5.00. The number of anilines is 2. The van der Waals surface area contributed by atoms with Crippen molar-refractivity contribution in [1.29, 1.82) is 0 Å². The number of methoxy groups -OCH3 is 1. The number of aromatic nitrogens is 2. The lowest BCUT2D eigenvalue weighted by Gasteiger charge is -2.28. The maximum atomic E-state index is 15.2. The number of benzene rings is 2. The Bertz CT molecular complexity index is 1450. The Hall–Kier alpha value is -4.16. The van der Waals surface area contributed by atoms with Gasteiger partial charge in [-0.1, -0.05) is 12.6 Å². The van der Waals surface area contributed by atoms with E-state index in [4.69, 9.17) is 10.5 Å². The molecule has 0 unspecified atom stereocenters. The minimum Gasteiger partial charge on any atom is -0.496 e. The van der Waals surface area contributed by atoms with Gasteiger partial charge in [0.25, 0.3) is 5.91 Å². The number of β-amino-alcohol motifs (C(OH)–C–C–N with tert-alkyl or cyclic N) is 1. The van der Waals surface area contributed by atoms with Crippen molar-refractivity contribution in [2.75, 3.05) is 30.4 Å². The molecule has 0 spiro atoms. The van der Waals surface area contributed by atoms with E-state index in [0.717, 1.165) is 0 Å². The van der Waals surface area contributed by atoms with Crippen LogP contribution < -0.4 is 20.7 Å². The molecular formula is C26H29F2N7O3. The number of nitrogens with one attached hydrogen (secondary N) is 1. The number of nitrogens with two attached hydrogens (primary N) is 1. The molecule has 1 aliphatic heterocycles. The van der Waals surface area contributed by atoms with Crippen LogP contribution in [-0.4, -0.2) is 64.7 Å². The summed E-state index contributed by atoms with van der Waals surface area (Å²) in [6, 6.07) is 5.20. The third-order valence-corrected chi connectivity index (χ3v) is 6.38. The van der Waals surface area contributed by atoms with Crippen LogP contribution in [0.2, 0.25) is 0 Å². The van der Waals surface area contributed by atoms with Gasteiger partial charge in [-0.3, -0.25) is 9.48 Å². The number of aryl methyl sites for hydroxylation is 1. The topological polar surface area (TPSA) is 130 Å². The maximum Gasteiger partial charge on any atom is 0.269 e. The van der Waals surface area contributed by atoms with Crippen LogP contribution in [0.5, 0.6) is 5.75 Å². The van der Waals surface area contributed by atoms with Gasteiger partial charge in [-0.15, -0.1) is 0 Å². The Labute approximate surface area is 218 Å². The van der Waals surface area contributed by atoms with Crippen LogP contribution in [0.1, 0.15) is 18.9 Å². The molecule has 1 amide bonds. The molecule has 3 aromatic rings. The van der Waals surface area contributed by atoms with Gasteiger partial charge in [-0.05, 0) is 25.5 Å². The van der Waals surface area contributed by atoms with Gasteiger partial charge in [0.05, 0.1) is 36.3 Å². The molecular weight excluding hydrogens is 496 g/mol. The largest absolute Gasteiger partial charge is 0.496 e. The van der Waals surface area contributed by atoms with Crippen LogP contribution in [0.3, 0.4) is 0 Å². The van der Waals surface area contributed by atoms with Crippen molar-refractivity contribution in [2.24, 2.45) is 22.8 Å². The van der Waals surface area contributed by atoms with Crippen LogP contribution in [0.15, 0.2) is 53.2 Å². The van der Waals surface area contributed by atoms with Crippen molar-refractivity contribution in [3.05, 3.63) is 60.4 Å². The number of ether oxygens (including phenoxy) is 1. The molecule has 200 valence electrons. The third-order valence-electron chi connectivity index (χ3n) is 6.38. The van der Waals surface area contributed by atoms with E-state index in [2.05, 4.69) is 27.0 Å². The number of amidine groups is 1. The first kappa shape index (κ1) is 26.9. The zero-order chi connectivity index (χ0) is 27.6. The van der Waals surface area contributed by atoms with E-state index in [1.165, 1.54) is 49.3 Å². The number of hydrogen-bond acceptors (Lipinski definition) is 7. The molecule has 1 saturated heterocycles. The SMILES string of the molecule is C=C/N=C(\N=C(/C)C(=O)Nc1cc(F)c2c(cnn2C)c1N1C[C@@H](O)C[C@H]1CN)c1c(F)cccc1OC. The molecule has 2 atom stereocenters. The van der Waals surface area contributed by atoms with Crippen LogP contribution in [0, 0.1) is 11.6 Å². The standard InChI is InChI=1S/C26H29F2N7O3/c1-5-30-25(22-18(27)7-6-8-21(22)38-4)32-14(2)26(37)33-20-10-19(28)23-17(12-31-34(23)3)24(20)35-13-16(36)9-15(35)11-29/h5-8,10,12,15-16,36H,1,9,11,13,29H2,2-4H3,(H,33,37)/b30-25-,32-14+/t15-,16-/m0/s1. The molecule has 0 radical (unpaired) electrons. The van der Waals surface area contributed by atoms with Crippen molar-refractivity contribution >= 4 is 39.7 Å². The van der Waals surface area contributed by atoms with Crippen molar-refractivity contribution in [3.8, 4) is 5.75 Å². The molecule has 2 heterocycles. The number of halogens is 2. The van der Waals surface area contributed by atoms with Crippen molar-refractivity contribution in [2.45, 2.75) is 25.5 Å². The summed E-state index contributed by atoms with van der Waals surface area (Å²) in [6.07, 6.45) is 2.46. The van der Waals surface area contributed by atoms with Gasteiger partial charge in [0, 0.05) is 43.8 Å². The number of amides is 1. The second-order valence-corrected chi connectivity index (χ2v) is 8.82. The Balaban J connectivity index is 1.76. The lowest BCUT2D eigenvalue weighted by Crippen LogP contribution is -2.36. The first-order valence-electron chi connectivity index (χ1n) is 11.9. The number of carbonyl (C=O) groups is 1. The summed E-state index contributed by atoms with van der Waals surface area (Å²) < 4.78 is 36.5. The summed E-state index contributed by atoms with van der Waals surface area (Å²) in [5, 5.41) is 17.7. The molecule has 1 aliphatic rings. The lowest BCUT2D eigenvalue weighted by atomic mass is 10.1. The fourth-order valence-corrected chi connectivity index (χ4v) is 4.65. The van der Waals surface area contributed by atoms with E-state index in [1.807, 2.05) is 4.90 Å². The predicted octanol–water partition coefficient (Wildman–Crippen LogP) is 2.75. The molecule has 12 heteroatoms. The number of rotatable bonds is 7. The second-order valence-electron chi connectivity index (χ2n) is 8.82. The average Bonchev–Trinajstić information content (AvgIpc) is 3.46. The predicted molar refractivity (Wildman–Crippen MR) is 143 cm³/mol. The van der Waals surface area contributed by atoms with Crippen molar-refractivity contribution in [3.63, 3.8) is 0 Å². The van der Waals surface area contributed by atoms with Gasteiger partial charge in [-0.2, -0.15) is 5.10 Å². The quantitative estimate of drug-likeness (QED) is 0.321. The van der Waals surface area contributed by atoms with Crippen LogP contribution in [0.4, 0.5) is 20.2 Å². The molecule has 0 aliphatic carbocycles. The molecule has 38 heavy (non-hydrogen) atoms. The Kier molecular flexibility index (Phi) is 7.83. The summed E-state index contributed by atoms with van der Waals surface area (Å²) in [7, 11) is 2.99. The average molecular weight is 526 g/mol. The molecule has 1 aromatic heterocycles. The first-order chi connectivity index (χ1) is 18.2. The maximum absolute atomic E-state index is 15.2. The Morgan fingerprint density at radius 3 is 2.84 bits per heavy atom. The van der Waals surface area contributed by atoms with Gasteiger partial charge in [0.15, 0.2) is 11.7 Å². The number of aliphatic imine (C=N–C) groups is 2. The number of aliphatic hydroxyl groups is 1. The van der Waals surface area contributed by atoms with E-state index in [0.29, 0.717) is 17.5 Å². The molecule has 1 fully saturated rings. The molecule has 2 aromatic carbocycles. The summed E-state index contributed by atoms with van der Waals surface area (Å²) >= 11 is 0. The van der Waals surface area contributed by atoms with Gasteiger partial charge >= 0.3 is 0 Å². The van der Waals surface area contributed by atoms with Gasteiger partial charge in [0.2, 0.25) is 0 Å². The zero-order valence-corrected chi connectivity index (χ0v) is 21.3. The van der Waals surface area contributed by atoms with Gasteiger partial charge in [0.1, 0.15) is 22.8 Å². The second kappa shape index (κ2) is 11.1. The number of nitrogens with zero attached hydrogens (tertiary/aromatic N) is 5. The van der Waals surface area contributed by atoms with E-state index < -0.39 is 23.6 Å². The minimum absolute atomic E-state index is 0.0394. The highest BCUT2D eigenvalue weighted by Gasteiger charge is 2.34. The Morgan fingerprint density at radius 1 is 1.39 bits per heavy atom. The number of aliphatic hydroxyl groups excluding tert-OH is 1. The van der Waals surface area contributed by atoms with Gasteiger partial charge < -0.3 is 25.8 Å². The smallest absolute Gasteiger partial charge is 0.269 e. The summed E-state index contributed by atoms with van der Waals surface area (Å²) in [4.78, 5) is 23.4. The molecule has 4 N–H and O–H groups in total. The Morgan fingerprint density at radius 2 is 2.16 bits per heavy atom. The molecule has 10 nitrogen and oxygen atoms in total. The highest BCUT2D eigenvalue weighted by atomic mass is 19.1. The zero-order valence-electron chi connectivity index (χ0n) is 21.3. The van der Waals surface area contributed by atoms with E-state index in [-0.39, 0.29) is 53.2 Å². The van der Waals surface area contributed by atoms with Crippen molar-refractivity contribution in [1.82, 2.24) is 9.78 Å². The summed E-state index contributed by atoms with van der Waals surface area (Å²) in [5.41, 5.74) is 6.72. The molecule has 0 saturated carbocycles. The highest BCUT2D eigenvalue weighted by molar-refractivity contribution is 6.44.